The van der Waals surface area contributed by atoms with Gasteiger partial charge in [-0.05, 0) is 244 Å². The first kappa shape index (κ1) is 41.7. The Morgan fingerprint density at radius 2 is 1.00 bits per heavy atom. The van der Waals surface area contributed by atoms with Gasteiger partial charge in [0.05, 0.1) is 11.0 Å². The third-order valence-electron chi connectivity index (χ3n) is 22.0. The van der Waals surface area contributed by atoms with E-state index in [1.165, 1.54) is 182 Å². The molecule has 0 radical (unpaired) electrons. The highest BCUT2D eigenvalue weighted by Crippen LogP contribution is 2.64. The lowest BCUT2D eigenvalue weighted by Crippen LogP contribution is -2.61. The SMILES string of the molecule is CC1(C)c2ccccc2-c2cc3c4c(c21)-c1cc(-c2ccccc2)ccc1N(c1ccc(-c2ccccc2)cc1)B4c1cc(C24CC5CC(CC(C5)C2)C4)cc2c4cc(C56CC7CC(CC(C7)C5)C6)ccc4n-3c12. The minimum Gasteiger partial charge on any atom is -0.376 e. The lowest BCUT2D eigenvalue weighted by molar-refractivity contribution is -0.00526. The van der Waals surface area contributed by atoms with Gasteiger partial charge in [0.2, 0.25) is 0 Å². The standard InChI is InChI=1S/C71H63BN2/c1-69(2)60-16-10-9-15-55(60)57-35-64-67-65(66(57)69)59-31-51(49-13-7-4-8-14-49)19-23-63(59)74(54-21-17-50(18-22-54)48-11-5-3-6-12-48)72(67)61-34-53(71-39-45-28-46(40-71)30-47(29-45)41-71)33-58-56-32-52(20-24-62(56)73(64)68(58)61)70-36-42-25-43(37-70)27-44(26-42)38-70/h3-24,31-35,42-47H,25-30,36-41H2,1-2H3. The highest BCUT2D eigenvalue weighted by atomic mass is 15.1. The number of hydrogen-bond donors (Lipinski definition) is 0. The Bertz CT molecular complexity index is 3820. The summed E-state index contributed by atoms with van der Waals surface area (Å²) >= 11 is 0. The summed E-state index contributed by atoms with van der Waals surface area (Å²) in [5.74, 6) is 5.35. The summed E-state index contributed by atoms with van der Waals surface area (Å²) in [6, 6.07) is 65.0. The second-order valence-electron chi connectivity index (χ2n) is 26.5. The van der Waals surface area contributed by atoms with Crippen LogP contribution in [0.2, 0.25) is 0 Å². The minimum atomic E-state index is -0.206. The van der Waals surface area contributed by atoms with Gasteiger partial charge in [-0.2, -0.15) is 0 Å². The van der Waals surface area contributed by atoms with E-state index in [0.29, 0.717) is 5.41 Å². The lowest BCUT2D eigenvalue weighted by Gasteiger charge is -2.57. The topological polar surface area (TPSA) is 8.17 Å². The van der Waals surface area contributed by atoms with E-state index in [-0.39, 0.29) is 17.7 Å². The molecule has 8 saturated carbocycles. The average Bonchev–Trinajstić information content (AvgIpc) is 3.95. The molecule has 0 unspecified atom stereocenters. The minimum absolute atomic E-state index is 0.0294. The highest BCUT2D eigenvalue weighted by Gasteiger charge is 2.55. The lowest BCUT2D eigenvalue weighted by atomic mass is 9.42. The average molecular weight is 955 g/mol. The first-order valence-corrected chi connectivity index (χ1v) is 28.9. The van der Waals surface area contributed by atoms with Gasteiger partial charge in [-0.1, -0.05) is 129 Å². The molecular weight excluding hydrogens is 892 g/mol. The van der Waals surface area contributed by atoms with Gasteiger partial charge in [-0.15, -0.1) is 0 Å². The molecule has 2 aliphatic heterocycles. The van der Waals surface area contributed by atoms with Gasteiger partial charge < -0.3 is 9.38 Å². The van der Waals surface area contributed by atoms with Crippen molar-refractivity contribution in [2.75, 3.05) is 4.81 Å². The Kier molecular flexibility index (Phi) is 8.13. The maximum absolute atomic E-state index is 2.84. The van der Waals surface area contributed by atoms with Gasteiger partial charge in [0.25, 0.3) is 0 Å². The van der Waals surface area contributed by atoms with Gasteiger partial charge in [0.1, 0.15) is 0 Å². The quantitative estimate of drug-likeness (QED) is 0.156. The van der Waals surface area contributed by atoms with Gasteiger partial charge in [0, 0.05) is 38.8 Å². The van der Waals surface area contributed by atoms with Gasteiger partial charge in [-0.25, -0.2) is 0 Å². The van der Waals surface area contributed by atoms with Crippen LogP contribution in [-0.4, -0.2) is 11.4 Å². The number of aromatic nitrogens is 1. The van der Waals surface area contributed by atoms with E-state index in [4.69, 9.17) is 0 Å². The molecular formula is C71H63BN2. The molecule has 74 heavy (non-hydrogen) atoms. The van der Waals surface area contributed by atoms with Crippen LogP contribution in [0.25, 0.3) is 72.0 Å². The zero-order chi connectivity index (χ0) is 48.4. The molecule has 20 rings (SSSR count). The number of hydrogen-bond acceptors (Lipinski definition) is 1. The first-order valence-electron chi connectivity index (χ1n) is 28.9. The van der Waals surface area contributed by atoms with E-state index in [0.717, 1.165) is 35.5 Å². The van der Waals surface area contributed by atoms with Crippen LogP contribution in [0.4, 0.5) is 11.4 Å². The monoisotopic (exact) mass is 955 g/mol. The molecule has 360 valence electrons. The molecule has 8 fully saturated rings. The summed E-state index contributed by atoms with van der Waals surface area (Å²) in [7, 11) is 0. The largest absolute Gasteiger partial charge is 0.376 e. The number of anilines is 2. The van der Waals surface area contributed by atoms with Gasteiger partial charge in [0.15, 0.2) is 0 Å². The molecule has 0 atom stereocenters. The molecule has 9 aliphatic carbocycles. The van der Waals surface area contributed by atoms with E-state index in [1.54, 1.807) is 11.1 Å². The molecule has 2 nitrogen and oxygen atoms in total. The van der Waals surface area contributed by atoms with Crippen molar-refractivity contribution in [1.82, 2.24) is 4.57 Å². The molecule has 3 heteroatoms. The molecule has 0 N–H and O–H groups in total. The fourth-order valence-corrected chi connectivity index (χ4v) is 19.9. The van der Waals surface area contributed by atoms with Gasteiger partial charge >= 0.3 is 6.85 Å². The summed E-state index contributed by atoms with van der Waals surface area (Å²) in [5, 5.41) is 3.00. The Labute approximate surface area is 437 Å². The van der Waals surface area contributed by atoms with Crippen LogP contribution in [0.1, 0.15) is 113 Å². The number of nitrogens with zero attached hydrogens (tertiary/aromatic N) is 2. The van der Waals surface area contributed by atoms with Crippen molar-refractivity contribution in [2.45, 2.75) is 107 Å². The Morgan fingerprint density at radius 3 is 1.65 bits per heavy atom. The third kappa shape index (κ3) is 5.49. The fraction of sp³-hybridized carbons (Fsp3) is 0.324. The van der Waals surface area contributed by atoms with Crippen LogP contribution < -0.4 is 15.7 Å². The summed E-state index contributed by atoms with van der Waals surface area (Å²) in [5.41, 5.74) is 27.0. The second kappa shape index (κ2) is 14.4. The molecule has 9 aromatic rings. The molecule has 3 heterocycles. The van der Waals surface area contributed by atoms with Crippen molar-refractivity contribution in [1.29, 1.82) is 0 Å². The third-order valence-corrected chi connectivity index (χ3v) is 22.0. The second-order valence-corrected chi connectivity index (χ2v) is 26.5. The van der Waals surface area contributed by atoms with Crippen molar-refractivity contribution < 1.29 is 0 Å². The Balaban J connectivity index is 0.970. The molecule has 8 bridgehead atoms. The highest BCUT2D eigenvalue weighted by molar-refractivity contribution is 6.93. The summed E-state index contributed by atoms with van der Waals surface area (Å²) in [6.45, 7) is 5.00. The van der Waals surface area contributed by atoms with E-state index in [2.05, 4.69) is 187 Å². The van der Waals surface area contributed by atoms with Crippen molar-refractivity contribution in [3.8, 4) is 50.2 Å². The van der Waals surface area contributed by atoms with Crippen LogP contribution in [0.3, 0.4) is 0 Å². The van der Waals surface area contributed by atoms with E-state index < -0.39 is 0 Å². The summed E-state index contributed by atoms with van der Waals surface area (Å²) < 4.78 is 2.82. The zero-order valence-electron chi connectivity index (χ0n) is 43.0. The van der Waals surface area contributed by atoms with Crippen LogP contribution in [-0.2, 0) is 16.2 Å². The van der Waals surface area contributed by atoms with Crippen molar-refractivity contribution in [3.05, 3.63) is 186 Å². The smallest absolute Gasteiger partial charge is 0.333 e. The van der Waals surface area contributed by atoms with E-state index in [9.17, 15) is 0 Å². The Morgan fingerprint density at radius 1 is 0.446 bits per heavy atom. The predicted octanol–water partition coefficient (Wildman–Crippen LogP) is 16.6. The molecule has 0 amide bonds. The van der Waals surface area contributed by atoms with Crippen LogP contribution in [0, 0.1) is 35.5 Å². The Hall–Kier alpha value is -6.58. The van der Waals surface area contributed by atoms with Crippen molar-refractivity contribution in [3.63, 3.8) is 0 Å². The first-order chi connectivity index (χ1) is 36.3. The van der Waals surface area contributed by atoms with E-state index >= 15 is 0 Å². The molecule has 1 aromatic heterocycles. The van der Waals surface area contributed by atoms with Crippen LogP contribution >= 0.6 is 0 Å². The molecule has 0 saturated heterocycles. The van der Waals surface area contributed by atoms with Crippen molar-refractivity contribution >= 4 is 51.0 Å². The van der Waals surface area contributed by atoms with Gasteiger partial charge in [-0.3, -0.25) is 0 Å². The fourth-order valence-electron chi connectivity index (χ4n) is 19.9. The maximum atomic E-state index is 2.84. The normalized spacial score (nSPS) is 28.5. The van der Waals surface area contributed by atoms with Crippen LogP contribution in [0.15, 0.2) is 164 Å². The summed E-state index contributed by atoms with van der Waals surface area (Å²) in [6.07, 6.45) is 17.1. The molecule has 8 aromatic carbocycles. The molecule has 11 aliphatic rings. The predicted molar refractivity (Wildman–Crippen MR) is 308 cm³/mol. The summed E-state index contributed by atoms with van der Waals surface area (Å²) in [4.78, 5) is 2.81. The number of fused-ring (bicyclic) bond motifs is 11. The zero-order valence-corrected chi connectivity index (χ0v) is 43.0. The molecule has 0 spiro atoms. The number of rotatable bonds is 5. The van der Waals surface area contributed by atoms with Crippen molar-refractivity contribution in [2.24, 2.45) is 35.5 Å². The van der Waals surface area contributed by atoms with Crippen LogP contribution in [0.5, 0.6) is 0 Å². The number of benzene rings is 8. The maximum Gasteiger partial charge on any atom is 0.333 e. The van der Waals surface area contributed by atoms with E-state index in [1.807, 2.05) is 0 Å².